The Morgan fingerprint density at radius 1 is 1.10 bits per heavy atom. The molecule has 1 atom stereocenters. The van der Waals surface area contributed by atoms with Crippen LogP contribution in [0.25, 0.3) is 0 Å². The number of nitrogens with one attached hydrogen (secondary N) is 1. The van der Waals surface area contributed by atoms with Crippen LogP contribution in [0.15, 0.2) is 36.5 Å². The van der Waals surface area contributed by atoms with Crippen molar-refractivity contribution in [2.24, 2.45) is 5.92 Å². The number of aromatic nitrogens is 2. The zero-order chi connectivity index (χ0) is 20.1. The van der Waals surface area contributed by atoms with Crippen LogP contribution in [0.2, 0.25) is 0 Å². The molecule has 1 aromatic carbocycles. The lowest BCUT2D eigenvalue weighted by Crippen LogP contribution is -2.46. The first kappa shape index (κ1) is 19.5. The number of para-hydroxylation sites is 2. The Kier molecular flexibility index (Phi) is 6.12. The lowest BCUT2D eigenvalue weighted by atomic mass is 9.95. The summed E-state index contributed by atoms with van der Waals surface area (Å²) in [6.07, 6.45) is 7.18. The van der Waals surface area contributed by atoms with E-state index in [4.69, 9.17) is 9.72 Å². The van der Waals surface area contributed by atoms with E-state index in [2.05, 4.69) is 20.1 Å². The lowest BCUT2D eigenvalue weighted by Gasteiger charge is -2.36. The summed E-state index contributed by atoms with van der Waals surface area (Å²) in [6.45, 7) is 3.38. The average molecular weight is 396 g/mol. The number of carbonyl (C=O) groups is 1. The lowest BCUT2D eigenvalue weighted by molar-refractivity contribution is -0.136. The highest BCUT2D eigenvalue weighted by Gasteiger charge is 2.30. The van der Waals surface area contributed by atoms with Crippen molar-refractivity contribution in [2.75, 3.05) is 43.5 Å². The first-order chi connectivity index (χ1) is 14.2. The Labute approximate surface area is 172 Å². The minimum absolute atomic E-state index is 0.0382. The number of benzene rings is 1. The molecule has 0 bridgehead atoms. The number of ether oxygens (including phenoxy) is 1. The van der Waals surface area contributed by atoms with Crippen LogP contribution in [0.4, 0.5) is 17.5 Å². The normalized spacial score (nSPS) is 19.7. The zero-order valence-electron chi connectivity index (χ0n) is 17.0. The molecule has 0 radical (unpaired) electrons. The van der Waals surface area contributed by atoms with Crippen molar-refractivity contribution >= 4 is 23.4 Å². The van der Waals surface area contributed by atoms with Gasteiger partial charge < -0.3 is 19.9 Å². The maximum atomic E-state index is 12.9. The van der Waals surface area contributed by atoms with E-state index in [0.717, 1.165) is 56.8 Å². The molecule has 0 aliphatic carbocycles. The fourth-order valence-corrected chi connectivity index (χ4v) is 4.19. The van der Waals surface area contributed by atoms with Crippen LogP contribution in [0.3, 0.4) is 0 Å². The van der Waals surface area contributed by atoms with Crippen LogP contribution >= 0.6 is 0 Å². The standard InChI is InChI=1S/C22H29N5O2/c1-29-19-10-4-3-9-18(19)24-20-11-12-23-22(25-20)27-15-7-8-17(16-27)21(28)26-13-5-2-6-14-26/h3-4,9-12,17H,2,5-8,13-16H2,1H3,(H,23,24,25). The summed E-state index contributed by atoms with van der Waals surface area (Å²) in [6, 6.07) is 9.59. The quantitative estimate of drug-likeness (QED) is 0.836. The molecule has 29 heavy (non-hydrogen) atoms. The minimum atomic E-state index is 0.0382. The first-order valence-corrected chi connectivity index (χ1v) is 10.5. The molecule has 1 unspecified atom stereocenters. The van der Waals surface area contributed by atoms with Gasteiger partial charge in [0.2, 0.25) is 11.9 Å². The summed E-state index contributed by atoms with van der Waals surface area (Å²) >= 11 is 0. The third kappa shape index (κ3) is 4.60. The monoisotopic (exact) mass is 395 g/mol. The van der Waals surface area contributed by atoms with Crippen LogP contribution in [-0.2, 0) is 4.79 Å². The summed E-state index contributed by atoms with van der Waals surface area (Å²) in [5.41, 5.74) is 0.858. The van der Waals surface area contributed by atoms with Crippen molar-refractivity contribution in [1.29, 1.82) is 0 Å². The zero-order valence-corrected chi connectivity index (χ0v) is 17.0. The number of amides is 1. The Bertz CT molecular complexity index is 837. The molecule has 154 valence electrons. The summed E-state index contributed by atoms with van der Waals surface area (Å²) in [5.74, 6) is 2.48. The third-order valence-corrected chi connectivity index (χ3v) is 5.73. The molecule has 2 aliphatic heterocycles. The molecule has 4 rings (SSSR count). The summed E-state index contributed by atoms with van der Waals surface area (Å²) in [4.78, 5) is 26.3. The molecule has 2 aliphatic rings. The number of hydrogen-bond donors (Lipinski definition) is 1. The van der Waals surface area contributed by atoms with Crippen molar-refractivity contribution < 1.29 is 9.53 Å². The van der Waals surface area contributed by atoms with E-state index < -0.39 is 0 Å². The van der Waals surface area contributed by atoms with Crippen molar-refractivity contribution in [1.82, 2.24) is 14.9 Å². The van der Waals surface area contributed by atoms with Gasteiger partial charge in [0.05, 0.1) is 18.7 Å². The van der Waals surface area contributed by atoms with Gasteiger partial charge in [-0.2, -0.15) is 4.98 Å². The van der Waals surface area contributed by atoms with E-state index in [0.29, 0.717) is 24.2 Å². The maximum Gasteiger partial charge on any atom is 0.227 e. The Hall–Kier alpha value is -2.83. The van der Waals surface area contributed by atoms with Gasteiger partial charge in [-0.1, -0.05) is 12.1 Å². The smallest absolute Gasteiger partial charge is 0.227 e. The van der Waals surface area contributed by atoms with Crippen LogP contribution in [0.5, 0.6) is 5.75 Å². The van der Waals surface area contributed by atoms with Gasteiger partial charge in [0, 0.05) is 32.4 Å². The molecule has 0 spiro atoms. The van der Waals surface area contributed by atoms with E-state index in [9.17, 15) is 4.79 Å². The highest BCUT2D eigenvalue weighted by atomic mass is 16.5. The van der Waals surface area contributed by atoms with Gasteiger partial charge in [0.25, 0.3) is 0 Å². The van der Waals surface area contributed by atoms with Crippen LogP contribution < -0.4 is 15.0 Å². The Balaban J connectivity index is 1.45. The number of nitrogens with zero attached hydrogens (tertiary/aromatic N) is 4. The van der Waals surface area contributed by atoms with Gasteiger partial charge >= 0.3 is 0 Å². The molecule has 2 saturated heterocycles. The number of rotatable bonds is 5. The molecule has 7 heteroatoms. The minimum Gasteiger partial charge on any atom is -0.495 e. The highest BCUT2D eigenvalue weighted by Crippen LogP contribution is 2.28. The van der Waals surface area contributed by atoms with Crippen LogP contribution in [0, 0.1) is 5.92 Å². The summed E-state index contributed by atoms with van der Waals surface area (Å²) < 4.78 is 5.40. The second-order valence-electron chi connectivity index (χ2n) is 7.74. The van der Waals surface area contributed by atoms with Crippen molar-refractivity contribution in [3.05, 3.63) is 36.5 Å². The number of hydrogen-bond acceptors (Lipinski definition) is 6. The number of carbonyl (C=O) groups excluding carboxylic acids is 1. The molecule has 7 nitrogen and oxygen atoms in total. The van der Waals surface area contributed by atoms with Gasteiger partial charge in [0.15, 0.2) is 0 Å². The fraction of sp³-hybridized carbons (Fsp3) is 0.500. The summed E-state index contributed by atoms with van der Waals surface area (Å²) in [5, 5.41) is 3.31. The molecule has 3 heterocycles. The first-order valence-electron chi connectivity index (χ1n) is 10.5. The third-order valence-electron chi connectivity index (χ3n) is 5.73. The topological polar surface area (TPSA) is 70.6 Å². The molecule has 1 N–H and O–H groups in total. The SMILES string of the molecule is COc1ccccc1Nc1ccnc(N2CCCC(C(=O)N3CCCCC3)C2)n1. The predicted molar refractivity (Wildman–Crippen MR) is 114 cm³/mol. The van der Waals surface area contributed by atoms with Gasteiger partial charge in [0.1, 0.15) is 11.6 Å². The van der Waals surface area contributed by atoms with Crippen LogP contribution in [0.1, 0.15) is 32.1 Å². The number of likely N-dealkylation sites (tertiary alicyclic amines) is 1. The largest absolute Gasteiger partial charge is 0.495 e. The van der Waals surface area contributed by atoms with E-state index in [1.807, 2.05) is 30.3 Å². The Morgan fingerprint density at radius 2 is 1.93 bits per heavy atom. The van der Waals surface area contributed by atoms with Gasteiger partial charge in [-0.15, -0.1) is 0 Å². The van der Waals surface area contributed by atoms with E-state index in [1.54, 1.807) is 13.3 Å². The second-order valence-corrected chi connectivity index (χ2v) is 7.74. The molecule has 2 fully saturated rings. The van der Waals surface area contributed by atoms with E-state index in [1.165, 1.54) is 6.42 Å². The highest BCUT2D eigenvalue weighted by molar-refractivity contribution is 5.79. The molecular formula is C22H29N5O2. The number of piperidine rings is 2. The van der Waals surface area contributed by atoms with Crippen LogP contribution in [-0.4, -0.2) is 54.1 Å². The maximum absolute atomic E-state index is 12.9. The van der Waals surface area contributed by atoms with Crippen molar-refractivity contribution in [3.8, 4) is 5.75 Å². The van der Waals surface area contributed by atoms with Gasteiger partial charge in [-0.25, -0.2) is 4.98 Å². The molecule has 0 saturated carbocycles. The van der Waals surface area contributed by atoms with Gasteiger partial charge in [-0.05, 0) is 50.3 Å². The number of anilines is 3. The second kappa shape index (κ2) is 9.11. The molecule has 1 aromatic heterocycles. The fourth-order valence-electron chi connectivity index (χ4n) is 4.19. The van der Waals surface area contributed by atoms with Crippen molar-refractivity contribution in [2.45, 2.75) is 32.1 Å². The average Bonchev–Trinajstić information content (AvgIpc) is 2.80. The van der Waals surface area contributed by atoms with E-state index in [-0.39, 0.29) is 5.92 Å². The summed E-state index contributed by atoms with van der Waals surface area (Å²) in [7, 11) is 1.65. The Morgan fingerprint density at radius 3 is 2.76 bits per heavy atom. The van der Waals surface area contributed by atoms with Gasteiger partial charge in [-0.3, -0.25) is 4.79 Å². The number of methoxy groups -OCH3 is 1. The van der Waals surface area contributed by atoms with E-state index >= 15 is 0 Å². The van der Waals surface area contributed by atoms with Crippen molar-refractivity contribution in [3.63, 3.8) is 0 Å². The molecular weight excluding hydrogens is 366 g/mol. The predicted octanol–water partition coefficient (Wildman–Crippen LogP) is 3.46. The molecule has 2 aromatic rings. The molecule has 1 amide bonds.